The normalized spacial score (nSPS) is 22.4. The lowest BCUT2D eigenvalue weighted by Crippen LogP contribution is -2.32. The molecule has 0 saturated carbocycles. The van der Waals surface area contributed by atoms with Crippen LogP contribution in [-0.4, -0.2) is 38.8 Å². The molecule has 0 radical (unpaired) electrons. The van der Waals surface area contributed by atoms with Gasteiger partial charge in [-0.25, -0.2) is 9.50 Å². The van der Waals surface area contributed by atoms with E-state index in [-0.39, 0.29) is 0 Å². The van der Waals surface area contributed by atoms with Crippen LogP contribution in [0, 0.1) is 5.41 Å². The molecule has 6 nitrogen and oxygen atoms in total. The van der Waals surface area contributed by atoms with Gasteiger partial charge in [-0.1, -0.05) is 13.8 Å². The number of fused-ring (bicyclic) bond motifs is 1. The lowest BCUT2D eigenvalue weighted by molar-refractivity contribution is -0.146. The maximum absolute atomic E-state index is 11.4. The van der Waals surface area contributed by atoms with Gasteiger partial charge >= 0.3 is 5.97 Å². The van der Waals surface area contributed by atoms with Crippen molar-refractivity contribution < 1.29 is 9.90 Å². The minimum atomic E-state index is -0.742. The van der Waals surface area contributed by atoms with E-state index >= 15 is 0 Å². The molecule has 3 rings (SSSR count). The first-order valence-corrected chi connectivity index (χ1v) is 7.23. The molecular weight excluding hydrogens is 268 g/mol. The molecule has 2 aromatic heterocycles. The number of aromatic nitrogens is 3. The van der Waals surface area contributed by atoms with Crippen LogP contribution in [0.4, 0.5) is 5.82 Å². The molecular formula is C15H20N4O2. The van der Waals surface area contributed by atoms with Crippen molar-refractivity contribution in [1.29, 1.82) is 0 Å². The van der Waals surface area contributed by atoms with Crippen molar-refractivity contribution in [2.45, 2.75) is 33.1 Å². The Morgan fingerprint density at radius 1 is 1.48 bits per heavy atom. The number of rotatable bonds is 3. The number of hydrogen-bond acceptors (Lipinski definition) is 4. The summed E-state index contributed by atoms with van der Waals surface area (Å²) in [5.74, 6) is 0.427. The third kappa shape index (κ3) is 2.24. The molecule has 0 bridgehead atoms. The maximum Gasteiger partial charge on any atom is 0.311 e. The van der Waals surface area contributed by atoms with Crippen molar-refractivity contribution in [3.8, 4) is 0 Å². The Morgan fingerprint density at radius 3 is 2.86 bits per heavy atom. The van der Waals surface area contributed by atoms with Gasteiger partial charge < -0.3 is 10.0 Å². The molecule has 1 aliphatic rings. The van der Waals surface area contributed by atoms with Crippen molar-refractivity contribution in [3.63, 3.8) is 0 Å². The highest BCUT2D eigenvalue weighted by Gasteiger charge is 2.41. The molecule has 0 aromatic carbocycles. The molecule has 1 aliphatic heterocycles. The predicted octanol–water partition coefficient (Wildman–Crippen LogP) is 2.15. The van der Waals surface area contributed by atoms with Gasteiger partial charge in [0.15, 0.2) is 5.82 Å². The highest BCUT2D eigenvalue weighted by atomic mass is 16.4. The van der Waals surface area contributed by atoms with Crippen molar-refractivity contribution in [2.75, 3.05) is 18.0 Å². The summed E-state index contributed by atoms with van der Waals surface area (Å²) in [5.41, 5.74) is 1.26. The van der Waals surface area contributed by atoms with E-state index in [1.54, 1.807) is 13.1 Å². The van der Waals surface area contributed by atoms with Crippen LogP contribution in [0.1, 0.15) is 38.8 Å². The Kier molecular flexibility index (Phi) is 3.11. The Labute approximate surface area is 123 Å². The summed E-state index contributed by atoms with van der Waals surface area (Å²) >= 11 is 0. The molecule has 0 spiro atoms. The van der Waals surface area contributed by atoms with E-state index in [0.717, 1.165) is 17.0 Å². The molecule has 2 aromatic rings. The van der Waals surface area contributed by atoms with Gasteiger partial charge in [0.2, 0.25) is 0 Å². The zero-order valence-corrected chi connectivity index (χ0v) is 12.6. The molecule has 112 valence electrons. The van der Waals surface area contributed by atoms with E-state index < -0.39 is 11.4 Å². The van der Waals surface area contributed by atoms with Crippen molar-refractivity contribution >= 4 is 17.3 Å². The second-order valence-corrected chi connectivity index (χ2v) is 6.34. The second kappa shape index (κ2) is 4.72. The molecule has 0 aliphatic carbocycles. The Balaban J connectivity index is 2.00. The zero-order valence-electron chi connectivity index (χ0n) is 12.6. The highest BCUT2D eigenvalue weighted by molar-refractivity contribution is 5.78. The standard InChI is InChI=1S/C15H20N4O2/c1-10(2)11-8-12-13(16-5-7-19(12)17-11)18-6-4-15(3,9-18)14(20)21/h5,7-8,10H,4,6,9H2,1-3H3,(H,20,21). The quantitative estimate of drug-likeness (QED) is 0.937. The number of anilines is 1. The van der Waals surface area contributed by atoms with E-state index in [0.29, 0.717) is 25.4 Å². The molecule has 6 heteroatoms. The summed E-state index contributed by atoms with van der Waals surface area (Å²) in [7, 11) is 0. The summed E-state index contributed by atoms with van der Waals surface area (Å²) in [5, 5.41) is 13.9. The van der Waals surface area contributed by atoms with Crippen molar-refractivity contribution in [1.82, 2.24) is 14.6 Å². The fourth-order valence-electron chi connectivity index (χ4n) is 2.77. The topological polar surface area (TPSA) is 70.7 Å². The fraction of sp³-hybridized carbons (Fsp3) is 0.533. The zero-order chi connectivity index (χ0) is 15.2. The molecule has 1 atom stereocenters. The molecule has 21 heavy (non-hydrogen) atoms. The average molecular weight is 288 g/mol. The van der Waals surface area contributed by atoms with E-state index in [1.807, 2.05) is 16.8 Å². The summed E-state index contributed by atoms with van der Waals surface area (Å²) in [6, 6.07) is 2.05. The number of carboxylic acids is 1. The van der Waals surface area contributed by atoms with Gasteiger partial charge in [-0.05, 0) is 25.3 Å². The lowest BCUT2D eigenvalue weighted by Gasteiger charge is -2.21. The Morgan fingerprint density at radius 2 is 2.24 bits per heavy atom. The van der Waals surface area contributed by atoms with E-state index in [4.69, 9.17) is 0 Å². The summed E-state index contributed by atoms with van der Waals surface area (Å²) in [6.07, 6.45) is 4.18. The second-order valence-electron chi connectivity index (χ2n) is 6.34. The minimum Gasteiger partial charge on any atom is -0.481 e. The third-order valence-electron chi connectivity index (χ3n) is 4.27. The van der Waals surface area contributed by atoms with Crippen LogP contribution in [0.5, 0.6) is 0 Å². The van der Waals surface area contributed by atoms with Gasteiger partial charge in [-0.15, -0.1) is 0 Å². The van der Waals surface area contributed by atoms with E-state index in [9.17, 15) is 9.90 Å². The maximum atomic E-state index is 11.4. The molecule has 1 saturated heterocycles. The molecule has 1 N–H and O–H groups in total. The number of carbonyl (C=O) groups is 1. The van der Waals surface area contributed by atoms with Gasteiger partial charge in [0, 0.05) is 25.5 Å². The van der Waals surface area contributed by atoms with Crippen LogP contribution in [0.3, 0.4) is 0 Å². The van der Waals surface area contributed by atoms with Crippen LogP contribution in [-0.2, 0) is 4.79 Å². The smallest absolute Gasteiger partial charge is 0.311 e. The molecule has 1 unspecified atom stereocenters. The van der Waals surface area contributed by atoms with Crippen molar-refractivity contribution in [3.05, 3.63) is 24.2 Å². The van der Waals surface area contributed by atoms with E-state index in [1.165, 1.54) is 0 Å². The number of carboxylic acid groups (broad SMARTS) is 1. The van der Waals surface area contributed by atoms with Crippen LogP contribution in [0.2, 0.25) is 0 Å². The highest BCUT2D eigenvalue weighted by Crippen LogP contribution is 2.34. The van der Waals surface area contributed by atoms with Gasteiger partial charge in [-0.3, -0.25) is 4.79 Å². The number of nitrogens with zero attached hydrogens (tertiary/aromatic N) is 4. The number of aliphatic carboxylic acids is 1. The first-order valence-electron chi connectivity index (χ1n) is 7.23. The summed E-state index contributed by atoms with van der Waals surface area (Å²) in [4.78, 5) is 17.9. The van der Waals surface area contributed by atoms with Crippen LogP contribution in [0.25, 0.3) is 5.52 Å². The summed E-state index contributed by atoms with van der Waals surface area (Å²) in [6.45, 7) is 7.19. The van der Waals surface area contributed by atoms with E-state index in [2.05, 4.69) is 28.8 Å². The average Bonchev–Trinajstić information content (AvgIpc) is 3.02. The van der Waals surface area contributed by atoms with Gasteiger partial charge in [0.05, 0.1) is 11.1 Å². The van der Waals surface area contributed by atoms with Gasteiger partial charge in [0.1, 0.15) is 5.52 Å². The fourth-order valence-corrected chi connectivity index (χ4v) is 2.77. The first kappa shape index (κ1) is 13.9. The van der Waals surface area contributed by atoms with Crippen LogP contribution in [0.15, 0.2) is 18.5 Å². The summed E-state index contributed by atoms with van der Waals surface area (Å²) < 4.78 is 1.83. The molecule has 3 heterocycles. The monoisotopic (exact) mass is 288 g/mol. The first-order chi connectivity index (χ1) is 9.90. The number of hydrogen-bond donors (Lipinski definition) is 1. The predicted molar refractivity (Wildman–Crippen MR) is 79.6 cm³/mol. The Bertz CT molecular complexity index is 694. The van der Waals surface area contributed by atoms with Gasteiger partial charge in [0.25, 0.3) is 0 Å². The lowest BCUT2D eigenvalue weighted by atomic mass is 9.90. The molecule has 1 fully saturated rings. The van der Waals surface area contributed by atoms with Crippen molar-refractivity contribution in [2.24, 2.45) is 5.41 Å². The van der Waals surface area contributed by atoms with Crippen LogP contribution >= 0.6 is 0 Å². The SMILES string of the molecule is CC(C)c1cc2c(N3CCC(C)(C(=O)O)C3)nccn2n1. The molecule has 0 amide bonds. The largest absolute Gasteiger partial charge is 0.481 e. The minimum absolute atomic E-state index is 0.348. The Hall–Kier alpha value is -2.11. The third-order valence-corrected chi connectivity index (χ3v) is 4.27. The van der Waals surface area contributed by atoms with Gasteiger partial charge in [-0.2, -0.15) is 5.10 Å². The van der Waals surface area contributed by atoms with Crippen LogP contribution < -0.4 is 4.90 Å².